The average Bonchev–Trinajstić information content (AvgIpc) is 3.23. The number of rotatable bonds is 15. The molecule has 0 aliphatic heterocycles. The first-order valence-electron chi connectivity index (χ1n) is 19.5. The van der Waals surface area contributed by atoms with Crippen molar-refractivity contribution in [3.8, 4) is 11.5 Å². The number of phenolic OH excluding ortho intramolecular Hbond substituents is 1. The van der Waals surface area contributed by atoms with E-state index in [1.807, 2.05) is 12.1 Å². The van der Waals surface area contributed by atoms with Crippen molar-refractivity contribution in [2.45, 2.75) is 36.5 Å². The van der Waals surface area contributed by atoms with Crippen molar-refractivity contribution >= 4 is 106 Å². The molecule has 0 spiro atoms. The number of nitrogens with zero attached hydrogens (tertiary/aromatic N) is 4. The van der Waals surface area contributed by atoms with Gasteiger partial charge >= 0.3 is 0 Å². The van der Waals surface area contributed by atoms with Crippen molar-refractivity contribution in [2.75, 3.05) is 28.7 Å². The molecular weight excluding hydrogens is 879 g/mol. The van der Waals surface area contributed by atoms with E-state index < -0.39 is 36.6 Å². The second kappa shape index (κ2) is 18.8. The molecule has 0 aromatic heterocycles. The lowest BCUT2D eigenvalue weighted by Crippen LogP contribution is -2.11. The summed E-state index contributed by atoms with van der Waals surface area (Å²) >= 11 is 4.48. The SMILES string of the molecule is Cc1cc(N=Nc2c(S(=O)(=O)O)cc3cc(Nc4ccc(N)cc4)ccc3c2O)c(C)cc1N=Nc1ccc(C(=O)Nc2ccc3c(OCCCCS(=O)(=O)O)cc(S)cc3c2)cc1. The molecule has 7 rings (SSSR count). The molecule has 0 atom stereocenters. The number of nitrogens with two attached hydrogens (primary N) is 1. The molecule has 0 unspecified atom stereocenters. The van der Waals surface area contributed by atoms with Crippen LogP contribution in [0.25, 0.3) is 21.5 Å². The first-order valence-corrected chi connectivity index (χ1v) is 23.0. The molecule has 64 heavy (non-hydrogen) atoms. The summed E-state index contributed by atoms with van der Waals surface area (Å²) in [5, 5.41) is 36.5. The number of aromatic hydroxyl groups is 1. The summed E-state index contributed by atoms with van der Waals surface area (Å²) in [5.74, 6) is -0.617. The largest absolute Gasteiger partial charge is 0.505 e. The Balaban J connectivity index is 1.02. The van der Waals surface area contributed by atoms with Crippen LogP contribution in [0.5, 0.6) is 11.5 Å². The lowest BCUT2D eigenvalue weighted by Gasteiger charge is -2.12. The third-order valence-corrected chi connectivity index (χ3v) is 11.8. The maximum absolute atomic E-state index is 13.2. The molecule has 7 aromatic carbocycles. The minimum atomic E-state index is -4.85. The van der Waals surface area contributed by atoms with Gasteiger partial charge in [0.1, 0.15) is 16.3 Å². The van der Waals surface area contributed by atoms with E-state index in [1.165, 1.54) is 6.07 Å². The molecule has 0 saturated heterocycles. The number of thiol groups is 1. The standard InChI is InChI=1S/C45H41N7O9S3/c1-26-20-40(51-52-43-42(64(58,59)60)24-30-22-34(14-16-38(30)44(43)53)47-32-11-7-31(46)8-12-32)27(2)19-39(26)50-49-33-9-5-28(6-10-33)45(54)48-35-13-15-37-29(21-35)23-36(62)25-41(37)61-17-3-4-18-63(55,56)57/h5-16,19-25,47,53,62H,3-4,17-18,46H2,1-2H3,(H,48,54)(H,55,56,57)(H,58,59,60). The van der Waals surface area contributed by atoms with Crippen LogP contribution in [0, 0.1) is 13.8 Å². The molecular formula is C45H41N7O9S3. The minimum Gasteiger partial charge on any atom is -0.505 e. The molecule has 0 bridgehead atoms. The number of nitrogens with one attached hydrogen (secondary N) is 2. The van der Waals surface area contributed by atoms with Crippen molar-refractivity contribution in [3.63, 3.8) is 0 Å². The van der Waals surface area contributed by atoms with Crippen molar-refractivity contribution in [1.82, 2.24) is 0 Å². The summed E-state index contributed by atoms with van der Waals surface area (Å²) in [7, 11) is -8.87. The van der Waals surface area contributed by atoms with E-state index in [0.29, 0.717) is 73.3 Å². The Morgan fingerprint density at radius 2 is 1.31 bits per heavy atom. The summed E-state index contributed by atoms with van der Waals surface area (Å²) in [6, 6.07) is 32.0. The number of unbranched alkanes of at least 4 members (excludes halogenated alkanes) is 1. The number of phenols is 1. The Hall–Kier alpha value is -6.90. The van der Waals surface area contributed by atoms with Crippen LogP contribution < -0.4 is 21.1 Å². The summed E-state index contributed by atoms with van der Waals surface area (Å²) in [6.07, 6.45) is 0.679. The number of carbonyl (C=O) groups is 1. The second-order valence-corrected chi connectivity index (χ2v) is 18.3. The Bertz CT molecular complexity index is 3220. The van der Waals surface area contributed by atoms with Crippen LogP contribution in [0.4, 0.5) is 45.5 Å². The van der Waals surface area contributed by atoms with Gasteiger partial charge in [0.05, 0.1) is 29.4 Å². The van der Waals surface area contributed by atoms with E-state index in [0.717, 1.165) is 16.5 Å². The predicted octanol–water partition coefficient (Wildman–Crippen LogP) is 11.3. The molecule has 19 heteroatoms. The highest BCUT2D eigenvalue weighted by molar-refractivity contribution is 7.86. The number of benzene rings is 7. The molecule has 0 aliphatic carbocycles. The number of azo groups is 2. The van der Waals surface area contributed by atoms with E-state index >= 15 is 0 Å². The molecule has 0 aliphatic rings. The number of amides is 1. The summed E-state index contributed by atoms with van der Waals surface area (Å²) in [6.45, 7) is 3.77. The first-order chi connectivity index (χ1) is 30.4. The smallest absolute Gasteiger partial charge is 0.296 e. The Kier molecular flexibility index (Phi) is 13.3. The average molecular weight is 920 g/mol. The van der Waals surface area contributed by atoms with Crippen LogP contribution >= 0.6 is 12.6 Å². The Morgan fingerprint density at radius 3 is 1.98 bits per heavy atom. The maximum atomic E-state index is 13.2. The van der Waals surface area contributed by atoms with Gasteiger partial charge in [-0.1, -0.05) is 0 Å². The maximum Gasteiger partial charge on any atom is 0.296 e. The lowest BCUT2D eigenvalue weighted by molar-refractivity contribution is 0.102. The number of hydrogen-bond acceptors (Lipinski definition) is 14. The molecule has 7 aromatic rings. The van der Waals surface area contributed by atoms with E-state index in [-0.39, 0.29) is 30.1 Å². The zero-order valence-electron chi connectivity index (χ0n) is 34.2. The summed E-state index contributed by atoms with van der Waals surface area (Å²) in [4.78, 5) is 13.2. The topological polar surface area (TPSA) is 255 Å². The van der Waals surface area contributed by atoms with Gasteiger partial charge in [-0.05, 0) is 164 Å². The molecule has 0 heterocycles. The third kappa shape index (κ3) is 11.2. The number of fused-ring (bicyclic) bond motifs is 2. The lowest BCUT2D eigenvalue weighted by atomic mass is 10.1. The highest BCUT2D eigenvalue weighted by atomic mass is 32.2. The normalized spacial score (nSPS) is 12.1. The zero-order chi connectivity index (χ0) is 45.8. The predicted molar refractivity (Wildman–Crippen MR) is 251 cm³/mol. The molecule has 0 fully saturated rings. The monoisotopic (exact) mass is 919 g/mol. The van der Waals surface area contributed by atoms with Gasteiger partial charge in [-0.25, -0.2) is 0 Å². The van der Waals surface area contributed by atoms with Gasteiger partial charge in [-0.15, -0.1) is 17.7 Å². The first kappa shape index (κ1) is 45.1. The van der Waals surface area contributed by atoms with Crippen molar-refractivity contribution in [1.29, 1.82) is 0 Å². The highest BCUT2D eigenvalue weighted by Crippen LogP contribution is 2.43. The number of carbonyl (C=O) groups excluding carboxylic acids is 1. The van der Waals surface area contributed by atoms with Gasteiger partial charge in [0.25, 0.3) is 26.1 Å². The fourth-order valence-electron chi connectivity index (χ4n) is 6.64. The van der Waals surface area contributed by atoms with Crippen LogP contribution in [0.15, 0.2) is 146 Å². The summed E-state index contributed by atoms with van der Waals surface area (Å²) < 4.78 is 71.9. The second-order valence-electron chi connectivity index (χ2n) is 14.8. The fourth-order valence-corrected chi connectivity index (χ4v) is 8.12. The number of ether oxygens (including phenoxy) is 1. The van der Waals surface area contributed by atoms with Gasteiger partial charge in [-0.3, -0.25) is 13.9 Å². The van der Waals surface area contributed by atoms with E-state index in [2.05, 4.69) is 43.7 Å². The van der Waals surface area contributed by atoms with Crippen molar-refractivity contribution in [2.24, 2.45) is 20.5 Å². The number of nitrogen functional groups attached to an aromatic ring is 1. The van der Waals surface area contributed by atoms with Crippen molar-refractivity contribution in [3.05, 3.63) is 132 Å². The molecule has 0 radical (unpaired) electrons. The van der Waals surface area contributed by atoms with Gasteiger partial charge in [0, 0.05) is 44.0 Å². The van der Waals surface area contributed by atoms with Crippen LogP contribution in [-0.4, -0.2) is 49.3 Å². The molecule has 328 valence electrons. The number of hydrogen-bond donors (Lipinski definition) is 7. The van der Waals surface area contributed by atoms with Gasteiger partial charge < -0.3 is 26.2 Å². The van der Waals surface area contributed by atoms with Crippen LogP contribution in [-0.2, 0) is 20.2 Å². The summed E-state index contributed by atoms with van der Waals surface area (Å²) in [5.41, 5.74) is 10.8. The highest BCUT2D eigenvalue weighted by Gasteiger charge is 2.22. The molecule has 7 N–H and O–H groups in total. The fraction of sp³-hybridized carbons (Fsp3) is 0.133. The third-order valence-electron chi connectivity index (χ3n) is 9.91. The minimum absolute atomic E-state index is 0.243. The van der Waals surface area contributed by atoms with Crippen LogP contribution in [0.2, 0.25) is 0 Å². The van der Waals surface area contributed by atoms with E-state index in [9.17, 15) is 31.3 Å². The Labute approximate surface area is 373 Å². The van der Waals surface area contributed by atoms with Crippen molar-refractivity contribution < 1.29 is 40.6 Å². The Morgan fingerprint density at radius 1 is 0.703 bits per heavy atom. The van der Waals surface area contributed by atoms with Gasteiger partial charge in [0.2, 0.25) is 0 Å². The van der Waals surface area contributed by atoms with E-state index in [4.69, 9.17) is 15.0 Å². The molecule has 0 saturated carbocycles. The number of aryl methyl sites for hydroxylation is 2. The zero-order valence-corrected chi connectivity index (χ0v) is 36.7. The van der Waals surface area contributed by atoms with Gasteiger partial charge in [0.15, 0.2) is 5.75 Å². The van der Waals surface area contributed by atoms with Crippen LogP contribution in [0.1, 0.15) is 34.3 Å². The molecule has 1 amide bonds. The number of anilines is 4. The van der Waals surface area contributed by atoms with Crippen LogP contribution in [0.3, 0.4) is 0 Å². The van der Waals surface area contributed by atoms with E-state index in [1.54, 1.807) is 111 Å². The quantitative estimate of drug-likeness (QED) is 0.0167. The molecule has 16 nitrogen and oxygen atoms in total. The van der Waals surface area contributed by atoms with Gasteiger partial charge in [-0.2, -0.15) is 32.2 Å².